The third-order valence-corrected chi connectivity index (χ3v) is 7.29. The summed E-state index contributed by atoms with van der Waals surface area (Å²) in [4.78, 5) is 29.8. The number of nitrogens with one attached hydrogen (secondary N) is 1. The van der Waals surface area contributed by atoms with Crippen LogP contribution in [0.2, 0.25) is 0 Å². The molecule has 11 heteroatoms. The van der Waals surface area contributed by atoms with Gasteiger partial charge in [0.15, 0.2) is 9.84 Å². The first-order valence-electron chi connectivity index (χ1n) is 11.5. The van der Waals surface area contributed by atoms with Gasteiger partial charge in [-0.05, 0) is 42.0 Å². The number of rotatable bonds is 6. The Kier molecular flexibility index (Phi) is 7.44. The fourth-order valence-corrected chi connectivity index (χ4v) is 5.17. The summed E-state index contributed by atoms with van der Waals surface area (Å²) in [6.45, 7) is 1.07. The Labute approximate surface area is 213 Å². The van der Waals surface area contributed by atoms with E-state index in [4.69, 9.17) is 5.73 Å². The molecule has 1 aliphatic heterocycles. The van der Waals surface area contributed by atoms with Gasteiger partial charge in [0.25, 0.3) is 5.91 Å². The normalized spacial score (nSPS) is 14.8. The van der Waals surface area contributed by atoms with Crippen molar-refractivity contribution in [3.63, 3.8) is 0 Å². The van der Waals surface area contributed by atoms with Gasteiger partial charge < -0.3 is 20.9 Å². The molecule has 1 saturated heterocycles. The van der Waals surface area contributed by atoms with E-state index in [1.54, 1.807) is 40.1 Å². The van der Waals surface area contributed by atoms with Gasteiger partial charge in [0.1, 0.15) is 17.7 Å². The molecule has 0 spiro atoms. The van der Waals surface area contributed by atoms with Crippen molar-refractivity contribution in [1.82, 2.24) is 10.2 Å². The molecule has 37 heavy (non-hydrogen) atoms. The number of sulfone groups is 1. The van der Waals surface area contributed by atoms with Crippen molar-refractivity contribution in [2.45, 2.75) is 10.9 Å². The monoisotopic (exact) mass is 528 g/mol. The van der Waals surface area contributed by atoms with Crippen LogP contribution in [0.1, 0.15) is 22.0 Å². The summed E-state index contributed by atoms with van der Waals surface area (Å²) < 4.78 is 51.9. The second kappa shape index (κ2) is 10.6. The van der Waals surface area contributed by atoms with Gasteiger partial charge in [0.2, 0.25) is 5.91 Å². The van der Waals surface area contributed by atoms with Gasteiger partial charge in [-0.2, -0.15) is 0 Å². The first-order chi connectivity index (χ1) is 17.5. The van der Waals surface area contributed by atoms with E-state index in [2.05, 4.69) is 5.32 Å². The smallest absolute Gasteiger partial charge is 0.254 e. The molecule has 194 valence electrons. The molecule has 1 heterocycles. The Bertz CT molecular complexity index is 1430. The molecule has 1 fully saturated rings. The number of nitrogen functional groups attached to an aromatic ring is 1. The lowest BCUT2D eigenvalue weighted by Gasteiger charge is -2.38. The van der Waals surface area contributed by atoms with Crippen LogP contribution in [-0.2, 0) is 14.6 Å². The van der Waals surface area contributed by atoms with Crippen molar-refractivity contribution < 1.29 is 26.8 Å². The number of benzene rings is 3. The lowest BCUT2D eigenvalue weighted by molar-refractivity contribution is -0.133. The Morgan fingerprint density at radius 1 is 0.919 bits per heavy atom. The molecule has 3 N–H and O–H groups in total. The molecule has 0 saturated carbocycles. The van der Waals surface area contributed by atoms with Crippen molar-refractivity contribution in [3.05, 3.63) is 89.5 Å². The number of piperazine rings is 1. The maximum Gasteiger partial charge on any atom is 0.254 e. The van der Waals surface area contributed by atoms with E-state index in [1.807, 2.05) is 0 Å². The first-order valence-corrected chi connectivity index (χ1v) is 13.4. The van der Waals surface area contributed by atoms with E-state index in [-0.39, 0.29) is 35.1 Å². The zero-order valence-corrected chi connectivity index (χ0v) is 20.8. The van der Waals surface area contributed by atoms with Crippen LogP contribution < -0.4 is 16.0 Å². The number of carbonyl (C=O) groups excluding carboxylic acids is 2. The van der Waals surface area contributed by atoms with Crippen LogP contribution in [0, 0.1) is 11.6 Å². The lowest BCUT2D eigenvalue weighted by atomic mass is 10.0. The van der Waals surface area contributed by atoms with Crippen LogP contribution >= 0.6 is 0 Å². The Morgan fingerprint density at radius 2 is 1.54 bits per heavy atom. The number of amides is 2. The highest BCUT2D eigenvalue weighted by molar-refractivity contribution is 7.90. The second-order valence-electron chi connectivity index (χ2n) is 8.75. The molecule has 0 bridgehead atoms. The Hall–Kier alpha value is -3.99. The molecular formula is C26H26F2N4O4S. The van der Waals surface area contributed by atoms with Crippen LogP contribution in [0.3, 0.4) is 0 Å². The predicted octanol–water partition coefficient (Wildman–Crippen LogP) is 2.77. The van der Waals surface area contributed by atoms with E-state index in [9.17, 15) is 26.8 Å². The summed E-state index contributed by atoms with van der Waals surface area (Å²) in [6.07, 6.45) is 1.02. The molecule has 0 radical (unpaired) electrons. The maximum atomic E-state index is 13.7. The quantitative estimate of drug-likeness (QED) is 0.476. The molecule has 3 aromatic carbocycles. The minimum absolute atomic E-state index is 0.0766. The van der Waals surface area contributed by atoms with Gasteiger partial charge in [0, 0.05) is 38.1 Å². The molecule has 4 rings (SSSR count). The highest BCUT2D eigenvalue weighted by atomic mass is 32.2. The van der Waals surface area contributed by atoms with Gasteiger partial charge in [-0.15, -0.1) is 0 Å². The summed E-state index contributed by atoms with van der Waals surface area (Å²) in [7, 11) is -3.68. The summed E-state index contributed by atoms with van der Waals surface area (Å²) in [5.74, 6) is -2.36. The molecule has 8 nitrogen and oxygen atoms in total. The van der Waals surface area contributed by atoms with Crippen molar-refractivity contribution in [2.75, 3.05) is 43.1 Å². The predicted molar refractivity (Wildman–Crippen MR) is 136 cm³/mol. The maximum absolute atomic E-state index is 13.7. The fraction of sp³-hybridized carbons (Fsp3) is 0.231. The molecule has 2 amide bonds. The minimum Gasteiger partial charge on any atom is -0.398 e. The molecule has 1 aliphatic rings. The van der Waals surface area contributed by atoms with Crippen LogP contribution in [0.4, 0.5) is 20.2 Å². The largest absolute Gasteiger partial charge is 0.398 e. The second-order valence-corrected chi connectivity index (χ2v) is 10.7. The lowest BCUT2D eigenvalue weighted by Crippen LogP contribution is -2.52. The van der Waals surface area contributed by atoms with Gasteiger partial charge in [0.05, 0.1) is 16.1 Å². The topological polar surface area (TPSA) is 113 Å². The van der Waals surface area contributed by atoms with Crippen LogP contribution in [0.5, 0.6) is 0 Å². The molecule has 1 atom stereocenters. The summed E-state index contributed by atoms with van der Waals surface area (Å²) in [5, 5.41) is 2.68. The molecule has 0 aromatic heterocycles. The average Bonchev–Trinajstić information content (AvgIpc) is 2.88. The van der Waals surface area contributed by atoms with Gasteiger partial charge in [-0.25, -0.2) is 17.2 Å². The van der Waals surface area contributed by atoms with Crippen LogP contribution in [-0.4, -0.2) is 57.6 Å². The van der Waals surface area contributed by atoms with Crippen molar-refractivity contribution in [3.8, 4) is 0 Å². The third kappa shape index (κ3) is 5.88. The minimum atomic E-state index is -3.68. The highest BCUT2D eigenvalue weighted by Gasteiger charge is 2.31. The van der Waals surface area contributed by atoms with Crippen LogP contribution in [0.15, 0.2) is 71.6 Å². The van der Waals surface area contributed by atoms with E-state index in [0.717, 1.165) is 24.5 Å². The number of carbonyl (C=O) groups is 2. The van der Waals surface area contributed by atoms with Crippen molar-refractivity contribution in [2.24, 2.45) is 0 Å². The number of hydrogen-bond acceptors (Lipinski definition) is 6. The van der Waals surface area contributed by atoms with E-state index < -0.39 is 33.4 Å². The number of halogens is 2. The van der Waals surface area contributed by atoms with Crippen molar-refractivity contribution >= 4 is 33.0 Å². The van der Waals surface area contributed by atoms with E-state index >= 15 is 0 Å². The average molecular weight is 529 g/mol. The number of anilines is 2. The molecule has 3 aromatic rings. The fourth-order valence-electron chi connectivity index (χ4n) is 4.26. The summed E-state index contributed by atoms with van der Waals surface area (Å²) in [5.41, 5.74) is 6.75. The first kappa shape index (κ1) is 26.1. The molecular weight excluding hydrogens is 502 g/mol. The van der Waals surface area contributed by atoms with Gasteiger partial charge >= 0.3 is 0 Å². The SMILES string of the molecule is CS(=O)(=O)c1cc(F)ccc1N1CCN(C(=O)[C@H](NC(=O)c2cc(F)ccc2N)c2ccccc2)CC1. The zero-order valence-electron chi connectivity index (χ0n) is 20.0. The van der Waals surface area contributed by atoms with Gasteiger partial charge in [-0.1, -0.05) is 30.3 Å². The summed E-state index contributed by atoms with van der Waals surface area (Å²) in [6, 6.07) is 14.6. The van der Waals surface area contributed by atoms with Gasteiger partial charge in [-0.3, -0.25) is 9.59 Å². The van der Waals surface area contributed by atoms with Crippen molar-refractivity contribution in [1.29, 1.82) is 0 Å². The highest BCUT2D eigenvalue weighted by Crippen LogP contribution is 2.28. The Balaban J connectivity index is 1.54. The Morgan fingerprint density at radius 3 is 2.19 bits per heavy atom. The van der Waals surface area contributed by atoms with E-state index in [1.165, 1.54) is 18.2 Å². The van der Waals surface area contributed by atoms with Crippen LogP contribution in [0.25, 0.3) is 0 Å². The standard InChI is InChI=1S/C26H26F2N4O4S/c1-37(35,36)23-16-19(28)8-10-22(23)31-11-13-32(14-12-31)26(34)24(17-5-3-2-4-6-17)30-25(33)20-15-18(27)7-9-21(20)29/h2-10,15-16,24H,11-14,29H2,1H3,(H,30,33)/t24-/m1/s1. The molecule has 0 aliphatic carbocycles. The number of hydrogen-bond donors (Lipinski definition) is 2. The zero-order chi connectivity index (χ0) is 26.7. The third-order valence-electron chi connectivity index (χ3n) is 6.17. The van der Waals surface area contributed by atoms with E-state index in [0.29, 0.717) is 24.3 Å². The summed E-state index contributed by atoms with van der Waals surface area (Å²) >= 11 is 0. The molecule has 0 unspecified atom stereocenters. The number of nitrogens with zero attached hydrogens (tertiary/aromatic N) is 2. The number of nitrogens with two attached hydrogens (primary N) is 1.